The minimum atomic E-state index is -0.306. The Hall–Kier alpha value is -3.45. The van der Waals surface area contributed by atoms with Gasteiger partial charge in [0, 0.05) is 42.9 Å². The first kappa shape index (κ1) is 23.3. The standard InChI is InChI=1S/C28H31N3O4/c1-3-23(32)30-24-21-8-4-5-9-22(21)28(26(24)35-18-20-7-6-13-29-17-20)11-14-31(15-12-28)27(33)25-19(2)10-16-34-25/h4-10,13,16-17,24,26H,3,11-12,14-15,18H2,1-2H3,(H,30,32)/t24-,26+/m1/s1. The number of piperidine rings is 1. The van der Waals surface area contributed by atoms with Crippen LogP contribution in [0.5, 0.6) is 0 Å². The lowest BCUT2D eigenvalue weighted by Gasteiger charge is -2.44. The molecule has 2 amide bonds. The van der Waals surface area contributed by atoms with Crippen molar-refractivity contribution < 1.29 is 18.7 Å². The Morgan fingerprint density at radius 3 is 2.66 bits per heavy atom. The number of aromatic nitrogens is 1. The van der Waals surface area contributed by atoms with Crippen LogP contribution in [0.1, 0.15) is 65.0 Å². The molecular formula is C28H31N3O4. The van der Waals surface area contributed by atoms with Crippen LogP contribution >= 0.6 is 0 Å². The quantitative estimate of drug-likeness (QED) is 0.576. The molecular weight excluding hydrogens is 442 g/mol. The van der Waals surface area contributed by atoms with Crippen molar-refractivity contribution in [3.8, 4) is 0 Å². The molecule has 1 aromatic carbocycles. The molecule has 1 aliphatic carbocycles. The Bertz CT molecular complexity index is 1200. The summed E-state index contributed by atoms with van der Waals surface area (Å²) in [5.41, 5.74) is 3.84. The van der Waals surface area contributed by atoms with Gasteiger partial charge in [-0.3, -0.25) is 14.6 Å². The average Bonchev–Trinajstić information content (AvgIpc) is 3.43. The largest absolute Gasteiger partial charge is 0.459 e. The van der Waals surface area contributed by atoms with Gasteiger partial charge in [-0.1, -0.05) is 37.3 Å². The second-order valence-electron chi connectivity index (χ2n) is 9.46. The number of hydrogen-bond acceptors (Lipinski definition) is 5. The van der Waals surface area contributed by atoms with Crippen molar-refractivity contribution in [2.24, 2.45) is 0 Å². The number of nitrogens with one attached hydrogen (secondary N) is 1. The molecule has 0 radical (unpaired) electrons. The Kier molecular flexibility index (Phi) is 6.43. The first-order chi connectivity index (χ1) is 17.0. The summed E-state index contributed by atoms with van der Waals surface area (Å²) in [6, 6.07) is 13.8. The van der Waals surface area contributed by atoms with E-state index in [0.29, 0.717) is 31.9 Å². The van der Waals surface area contributed by atoms with Crippen molar-refractivity contribution in [1.29, 1.82) is 0 Å². The number of aryl methyl sites for hydroxylation is 1. The first-order valence-electron chi connectivity index (χ1n) is 12.3. The van der Waals surface area contributed by atoms with Gasteiger partial charge in [0.2, 0.25) is 5.91 Å². The lowest BCUT2D eigenvalue weighted by Crippen LogP contribution is -2.52. The third-order valence-corrected chi connectivity index (χ3v) is 7.47. The maximum absolute atomic E-state index is 13.1. The van der Waals surface area contributed by atoms with Crippen molar-refractivity contribution in [2.75, 3.05) is 13.1 Å². The van der Waals surface area contributed by atoms with Crippen LogP contribution in [0.25, 0.3) is 0 Å². The SMILES string of the molecule is CCC(=O)N[C@@H]1c2ccccc2C2(CCN(C(=O)c3occc3C)CC2)[C@H]1OCc1cccnc1. The highest BCUT2D eigenvalue weighted by Crippen LogP contribution is 2.52. The summed E-state index contributed by atoms with van der Waals surface area (Å²) in [7, 11) is 0. The van der Waals surface area contributed by atoms with Gasteiger partial charge >= 0.3 is 0 Å². The third-order valence-electron chi connectivity index (χ3n) is 7.47. The van der Waals surface area contributed by atoms with E-state index in [1.54, 1.807) is 18.7 Å². The maximum Gasteiger partial charge on any atom is 0.289 e. The fourth-order valence-corrected chi connectivity index (χ4v) is 5.61. The van der Waals surface area contributed by atoms with Gasteiger partial charge < -0.3 is 19.4 Å². The number of likely N-dealkylation sites (tertiary alicyclic amines) is 1. The molecule has 1 N–H and O–H groups in total. The molecule has 0 bridgehead atoms. The van der Waals surface area contributed by atoms with Gasteiger partial charge in [-0.2, -0.15) is 0 Å². The fourth-order valence-electron chi connectivity index (χ4n) is 5.61. The minimum absolute atomic E-state index is 0.00209. The van der Waals surface area contributed by atoms with Crippen LogP contribution < -0.4 is 5.32 Å². The second-order valence-corrected chi connectivity index (χ2v) is 9.46. The summed E-state index contributed by atoms with van der Waals surface area (Å²) in [5, 5.41) is 3.23. The van der Waals surface area contributed by atoms with E-state index in [1.807, 2.05) is 49.1 Å². The second kappa shape index (κ2) is 9.66. The molecule has 182 valence electrons. The van der Waals surface area contributed by atoms with Gasteiger partial charge in [-0.05, 0) is 48.6 Å². The fraction of sp³-hybridized carbons (Fsp3) is 0.393. The number of benzene rings is 1. The molecule has 1 aliphatic heterocycles. The number of amides is 2. The molecule has 1 spiro atoms. The number of nitrogens with zero attached hydrogens (tertiary/aromatic N) is 2. The van der Waals surface area contributed by atoms with E-state index in [9.17, 15) is 9.59 Å². The number of furan rings is 1. The highest BCUT2D eigenvalue weighted by molar-refractivity contribution is 5.93. The van der Waals surface area contributed by atoms with Crippen molar-refractivity contribution in [2.45, 2.75) is 57.3 Å². The van der Waals surface area contributed by atoms with E-state index in [-0.39, 0.29) is 29.4 Å². The van der Waals surface area contributed by atoms with Crippen LogP contribution in [0.3, 0.4) is 0 Å². The van der Waals surface area contributed by atoms with Gasteiger partial charge in [-0.15, -0.1) is 0 Å². The van der Waals surface area contributed by atoms with Crippen LogP contribution in [0.2, 0.25) is 0 Å². The molecule has 2 aliphatic rings. The summed E-state index contributed by atoms with van der Waals surface area (Å²) >= 11 is 0. The molecule has 1 fully saturated rings. The zero-order chi connectivity index (χ0) is 24.4. The molecule has 5 rings (SSSR count). The van der Waals surface area contributed by atoms with E-state index < -0.39 is 0 Å². The normalized spacial score (nSPS) is 20.6. The van der Waals surface area contributed by atoms with E-state index in [2.05, 4.69) is 22.4 Å². The van der Waals surface area contributed by atoms with Gasteiger partial charge in [0.25, 0.3) is 5.91 Å². The molecule has 0 unspecified atom stereocenters. The number of pyridine rings is 1. The van der Waals surface area contributed by atoms with Crippen LogP contribution in [0.15, 0.2) is 65.5 Å². The molecule has 1 saturated heterocycles. The highest BCUT2D eigenvalue weighted by Gasteiger charge is 2.54. The summed E-state index contributed by atoms with van der Waals surface area (Å²) in [6.07, 6.45) is 6.75. The Morgan fingerprint density at radius 1 is 1.17 bits per heavy atom. The van der Waals surface area contributed by atoms with E-state index >= 15 is 0 Å². The molecule has 7 nitrogen and oxygen atoms in total. The molecule has 0 saturated carbocycles. The summed E-state index contributed by atoms with van der Waals surface area (Å²) in [4.78, 5) is 31.7. The highest BCUT2D eigenvalue weighted by atomic mass is 16.5. The first-order valence-corrected chi connectivity index (χ1v) is 12.3. The van der Waals surface area contributed by atoms with Crippen LogP contribution in [0.4, 0.5) is 0 Å². The number of carbonyl (C=O) groups excluding carboxylic acids is 2. The lowest BCUT2D eigenvalue weighted by atomic mass is 9.71. The van der Waals surface area contributed by atoms with Crippen LogP contribution in [-0.2, 0) is 21.6 Å². The number of rotatable bonds is 6. The average molecular weight is 474 g/mol. The van der Waals surface area contributed by atoms with Gasteiger partial charge in [0.1, 0.15) is 0 Å². The van der Waals surface area contributed by atoms with Gasteiger partial charge in [-0.25, -0.2) is 0 Å². The summed E-state index contributed by atoms with van der Waals surface area (Å²) in [6.45, 7) is 5.33. The molecule has 3 heterocycles. The van der Waals surface area contributed by atoms with Gasteiger partial charge in [0.05, 0.1) is 25.0 Å². The van der Waals surface area contributed by atoms with Crippen LogP contribution in [-0.4, -0.2) is 40.9 Å². The van der Waals surface area contributed by atoms with E-state index in [0.717, 1.165) is 29.5 Å². The lowest BCUT2D eigenvalue weighted by molar-refractivity contribution is -0.123. The predicted octanol–water partition coefficient (Wildman–Crippen LogP) is 4.32. The van der Waals surface area contributed by atoms with Gasteiger partial charge in [0.15, 0.2) is 5.76 Å². The van der Waals surface area contributed by atoms with Crippen molar-refractivity contribution in [1.82, 2.24) is 15.2 Å². The van der Waals surface area contributed by atoms with Crippen molar-refractivity contribution in [3.63, 3.8) is 0 Å². The number of hydrogen-bond donors (Lipinski definition) is 1. The molecule has 2 aromatic heterocycles. The Balaban J connectivity index is 1.45. The summed E-state index contributed by atoms with van der Waals surface area (Å²) < 4.78 is 12.1. The minimum Gasteiger partial charge on any atom is -0.459 e. The molecule has 2 atom stereocenters. The Labute approximate surface area is 205 Å². The van der Waals surface area contributed by atoms with E-state index in [1.165, 1.54) is 5.56 Å². The molecule has 35 heavy (non-hydrogen) atoms. The maximum atomic E-state index is 13.1. The monoisotopic (exact) mass is 473 g/mol. The predicted molar refractivity (Wildman–Crippen MR) is 131 cm³/mol. The third kappa shape index (κ3) is 4.25. The summed E-state index contributed by atoms with van der Waals surface area (Å²) in [5.74, 6) is 0.334. The van der Waals surface area contributed by atoms with E-state index in [4.69, 9.17) is 9.15 Å². The Morgan fingerprint density at radius 2 is 1.97 bits per heavy atom. The molecule has 7 heteroatoms. The molecule has 3 aromatic rings. The number of fused-ring (bicyclic) bond motifs is 2. The number of carbonyl (C=O) groups is 2. The topological polar surface area (TPSA) is 84.7 Å². The van der Waals surface area contributed by atoms with Crippen molar-refractivity contribution in [3.05, 3.63) is 89.1 Å². The van der Waals surface area contributed by atoms with Crippen molar-refractivity contribution >= 4 is 11.8 Å². The van der Waals surface area contributed by atoms with Crippen LogP contribution in [0, 0.1) is 6.92 Å². The zero-order valence-electron chi connectivity index (χ0n) is 20.2. The zero-order valence-corrected chi connectivity index (χ0v) is 20.2. The smallest absolute Gasteiger partial charge is 0.289 e. The number of ether oxygens (including phenoxy) is 1.